The van der Waals surface area contributed by atoms with Crippen molar-refractivity contribution in [1.29, 1.82) is 0 Å². The fourth-order valence-electron chi connectivity index (χ4n) is 3.21. The summed E-state index contributed by atoms with van der Waals surface area (Å²) in [6.45, 7) is 5.99. The van der Waals surface area contributed by atoms with Gasteiger partial charge in [0, 0.05) is 26.2 Å². The standard InChI is InChI=1S/C14H19NO/c1-10-3-2-4-11(5-10)6-15-7-12-13(8-15)14(12)9-16/h2-5,12-14,16H,6-9H2,1H3. The van der Waals surface area contributed by atoms with E-state index in [0.29, 0.717) is 12.5 Å². The molecule has 1 aliphatic carbocycles. The van der Waals surface area contributed by atoms with Crippen molar-refractivity contribution < 1.29 is 5.11 Å². The number of benzene rings is 1. The van der Waals surface area contributed by atoms with Gasteiger partial charge in [0.1, 0.15) is 0 Å². The first kappa shape index (κ1) is 10.3. The molecule has 0 bridgehead atoms. The molecule has 0 aromatic heterocycles. The summed E-state index contributed by atoms with van der Waals surface area (Å²) in [5, 5.41) is 9.11. The van der Waals surface area contributed by atoms with Crippen LogP contribution in [0.5, 0.6) is 0 Å². The van der Waals surface area contributed by atoms with E-state index in [1.807, 2.05) is 0 Å². The predicted molar refractivity (Wildman–Crippen MR) is 64.0 cm³/mol. The Hall–Kier alpha value is -0.860. The van der Waals surface area contributed by atoms with E-state index in [1.165, 1.54) is 24.2 Å². The van der Waals surface area contributed by atoms with Crippen molar-refractivity contribution in [3.05, 3.63) is 35.4 Å². The third kappa shape index (κ3) is 1.76. The summed E-state index contributed by atoms with van der Waals surface area (Å²) >= 11 is 0. The normalized spacial score (nSPS) is 32.8. The molecule has 2 aliphatic rings. The molecular weight excluding hydrogens is 198 g/mol. The Morgan fingerprint density at radius 2 is 2.06 bits per heavy atom. The minimum atomic E-state index is 0.396. The summed E-state index contributed by atoms with van der Waals surface area (Å²) in [5.41, 5.74) is 2.76. The first-order valence-corrected chi connectivity index (χ1v) is 6.16. The maximum absolute atomic E-state index is 9.11. The molecule has 86 valence electrons. The largest absolute Gasteiger partial charge is 0.396 e. The number of rotatable bonds is 3. The van der Waals surface area contributed by atoms with Crippen molar-refractivity contribution in [2.24, 2.45) is 17.8 Å². The average molecular weight is 217 g/mol. The lowest BCUT2D eigenvalue weighted by Gasteiger charge is -2.19. The summed E-state index contributed by atoms with van der Waals surface area (Å²) in [6.07, 6.45) is 0. The van der Waals surface area contributed by atoms with Crippen LogP contribution in [0.1, 0.15) is 11.1 Å². The van der Waals surface area contributed by atoms with Gasteiger partial charge in [0.25, 0.3) is 0 Å². The third-order valence-corrected chi connectivity index (χ3v) is 4.15. The van der Waals surface area contributed by atoms with Crippen molar-refractivity contribution in [2.75, 3.05) is 19.7 Å². The SMILES string of the molecule is Cc1cccc(CN2CC3C(CO)C3C2)c1. The fraction of sp³-hybridized carbons (Fsp3) is 0.571. The van der Waals surface area contributed by atoms with Gasteiger partial charge in [0.2, 0.25) is 0 Å². The van der Waals surface area contributed by atoms with Crippen LogP contribution in [0.2, 0.25) is 0 Å². The van der Waals surface area contributed by atoms with Crippen molar-refractivity contribution in [1.82, 2.24) is 4.90 Å². The Bertz CT molecular complexity index is 378. The molecule has 1 aromatic carbocycles. The van der Waals surface area contributed by atoms with Gasteiger partial charge >= 0.3 is 0 Å². The maximum atomic E-state index is 9.11. The number of hydrogen-bond acceptors (Lipinski definition) is 2. The molecule has 0 spiro atoms. The lowest BCUT2D eigenvalue weighted by Crippen LogP contribution is -2.24. The minimum absolute atomic E-state index is 0.396. The number of piperidine rings is 1. The molecular formula is C14H19NO. The summed E-state index contributed by atoms with van der Waals surface area (Å²) in [6, 6.07) is 8.76. The van der Waals surface area contributed by atoms with Crippen LogP contribution in [0.3, 0.4) is 0 Å². The molecule has 3 rings (SSSR count). The number of aliphatic hydroxyl groups excluding tert-OH is 1. The van der Waals surface area contributed by atoms with Gasteiger partial charge < -0.3 is 5.11 Å². The smallest absolute Gasteiger partial charge is 0.0465 e. The molecule has 1 N–H and O–H groups in total. The maximum Gasteiger partial charge on any atom is 0.0465 e. The lowest BCUT2D eigenvalue weighted by atomic mass is 10.1. The zero-order valence-electron chi connectivity index (χ0n) is 9.76. The van der Waals surface area contributed by atoms with Crippen LogP contribution < -0.4 is 0 Å². The second-order valence-electron chi connectivity index (χ2n) is 5.36. The topological polar surface area (TPSA) is 23.5 Å². The first-order valence-electron chi connectivity index (χ1n) is 6.16. The van der Waals surface area contributed by atoms with Crippen LogP contribution in [0.25, 0.3) is 0 Å². The van der Waals surface area contributed by atoms with Crippen LogP contribution in [-0.2, 0) is 6.54 Å². The lowest BCUT2D eigenvalue weighted by molar-refractivity contribution is 0.217. The van der Waals surface area contributed by atoms with E-state index >= 15 is 0 Å². The van der Waals surface area contributed by atoms with Crippen LogP contribution in [0, 0.1) is 24.7 Å². The van der Waals surface area contributed by atoms with Gasteiger partial charge in [-0.3, -0.25) is 4.90 Å². The van der Waals surface area contributed by atoms with Crippen LogP contribution >= 0.6 is 0 Å². The monoisotopic (exact) mass is 217 g/mol. The molecule has 0 radical (unpaired) electrons. The van der Waals surface area contributed by atoms with Gasteiger partial charge in [-0.25, -0.2) is 0 Å². The number of likely N-dealkylation sites (tertiary alicyclic amines) is 1. The van der Waals surface area contributed by atoms with Gasteiger partial charge in [-0.2, -0.15) is 0 Å². The van der Waals surface area contributed by atoms with Gasteiger partial charge in [-0.15, -0.1) is 0 Å². The zero-order chi connectivity index (χ0) is 11.1. The van der Waals surface area contributed by atoms with Gasteiger partial charge in [0.05, 0.1) is 0 Å². The number of hydrogen-bond donors (Lipinski definition) is 1. The van der Waals surface area contributed by atoms with E-state index in [4.69, 9.17) is 5.11 Å². The molecule has 1 aliphatic heterocycles. The first-order chi connectivity index (χ1) is 7.78. The second-order valence-corrected chi connectivity index (χ2v) is 5.36. The highest BCUT2D eigenvalue weighted by Gasteiger charge is 2.54. The van der Waals surface area contributed by atoms with Gasteiger partial charge in [-0.05, 0) is 30.2 Å². The van der Waals surface area contributed by atoms with Gasteiger partial charge in [0.15, 0.2) is 0 Å². The number of fused-ring (bicyclic) bond motifs is 1. The second kappa shape index (κ2) is 3.86. The van der Waals surface area contributed by atoms with Crippen LogP contribution in [0.4, 0.5) is 0 Å². The number of nitrogens with zero attached hydrogens (tertiary/aromatic N) is 1. The molecule has 2 atom stereocenters. The Balaban J connectivity index is 1.58. The van der Waals surface area contributed by atoms with E-state index in [-0.39, 0.29) is 0 Å². The van der Waals surface area contributed by atoms with E-state index in [1.54, 1.807) is 0 Å². The Kier molecular flexibility index (Phi) is 2.49. The predicted octanol–water partition coefficient (Wildman–Crippen LogP) is 1.67. The average Bonchev–Trinajstić information content (AvgIpc) is 2.73. The highest BCUT2D eigenvalue weighted by molar-refractivity contribution is 5.22. The summed E-state index contributed by atoms with van der Waals surface area (Å²) in [7, 11) is 0. The molecule has 1 heterocycles. The summed E-state index contributed by atoms with van der Waals surface area (Å²) in [5.74, 6) is 2.19. The quantitative estimate of drug-likeness (QED) is 0.832. The number of aliphatic hydroxyl groups is 1. The van der Waals surface area contributed by atoms with Crippen molar-refractivity contribution in [2.45, 2.75) is 13.5 Å². The highest BCUT2D eigenvalue weighted by atomic mass is 16.3. The van der Waals surface area contributed by atoms with Crippen molar-refractivity contribution in [3.63, 3.8) is 0 Å². The van der Waals surface area contributed by atoms with Crippen LogP contribution in [-0.4, -0.2) is 29.7 Å². The molecule has 2 nitrogen and oxygen atoms in total. The molecule has 1 saturated carbocycles. The van der Waals surface area contributed by atoms with Crippen molar-refractivity contribution >= 4 is 0 Å². The summed E-state index contributed by atoms with van der Waals surface area (Å²) < 4.78 is 0. The molecule has 2 heteroatoms. The summed E-state index contributed by atoms with van der Waals surface area (Å²) in [4.78, 5) is 2.52. The van der Waals surface area contributed by atoms with E-state index in [0.717, 1.165) is 18.4 Å². The Morgan fingerprint density at radius 3 is 2.69 bits per heavy atom. The van der Waals surface area contributed by atoms with Crippen LogP contribution in [0.15, 0.2) is 24.3 Å². The van der Waals surface area contributed by atoms with E-state index in [9.17, 15) is 0 Å². The molecule has 2 fully saturated rings. The minimum Gasteiger partial charge on any atom is -0.396 e. The fourth-order valence-corrected chi connectivity index (χ4v) is 3.21. The van der Waals surface area contributed by atoms with Crippen molar-refractivity contribution in [3.8, 4) is 0 Å². The van der Waals surface area contributed by atoms with E-state index < -0.39 is 0 Å². The Morgan fingerprint density at radius 1 is 1.31 bits per heavy atom. The molecule has 1 aromatic rings. The molecule has 2 unspecified atom stereocenters. The molecule has 0 amide bonds. The van der Waals surface area contributed by atoms with Gasteiger partial charge in [-0.1, -0.05) is 29.8 Å². The molecule has 16 heavy (non-hydrogen) atoms. The molecule has 1 saturated heterocycles. The third-order valence-electron chi connectivity index (χ3n) is 4.15. The zero-order valence-corrected chi connectivity index (χ0v) is 9.76. The van der Waals surface area contributed by atoms with E-state index in [2.05, 4.69) is 36.1 Å². The Labute approximate surface area is 96.9 Å². The highest BCUT2D eigenvalue weighted by Crippen LogP contribution is 2.51. The number of aryl methyl sites for hydroxylation is 1.